The molecular weight excluding hydrogens is 387 g/mol. The fourth-order valence-corrected chi connectivity index (χ4v) is 3.91. The van der Waals surface area contributed by atoms with Crippen molar-refractivity contribution in [1.29, 1.82) is 0 Å². The second-order valence-corrected chi connectivity index (χ2v) is 8.17. The van der Waals surface area contributed by atoms with Gasteiger partial charge in [0, 0.05) is 43.8 Å². The smallest absolute Gasteiger partial charge is 0.352 e. The third-order valence-electron chi connectivity index (χ3n) is 4.60. The number of alkyl halides is 3. The van der Waals surface area contributed by atoms with Crippen LogP contribution in [0.3, 0.4) is 0 Å². The van der Waals surface area contributed by atoms with Gasteiger partial charge in [-0.2, -0.15) is 13.2 Å². The van der Waals surface area contributed by atoms with Crippen LogP contribution in [0.4, 0.5) is 13.2 Å². The third-order valence-corrected chi connectivity index (χ3v) is 5.51. The molecule has 5 nitrogen and oxygen atoms in total. The Labute approximate surface area is 166 Å². The van der Waals surface area contributed by atoms with Gasteiger partial charge in [-0.3, -0.25) is 9.89 Å². The summed E-state index contributed by atoms with van der Waals surface area (Å²) in [5.74, 6) is 0.731. The van der Waals surface area contributed by atoms with Crippen molar-refractivity contribution in [2.75, 3.05) is 20.1 Å². The topological polar surface area (TPSA) is 52.6 Å². The minimum absolute atomic E-state index is 0.249. The van der Waals surface area contributed by atoms with Crippen molar-refractivity contribution in [2.45, 2.75) is 38.7 Å². The van der Waals surface area contributed by atoms with E-state index in [0.717, 1.165) is 48.2 Å². The van der Waals surface area contributed by atoms with Crippen LogP contribution in [0.2, 0.25) is 0 Å². The van der Waals surface area contributed by atoms with Crippen LogP contribution in [-0.2, 0) is 19.3 Å². The SMILES string of the molecule is CN=C(NCc1ncc(C)s1)NC1CCN(Cc2ccc(C(F)(F)F)cc2)C1. The Morgan fingerprint density at radius 2 is 2.07 bits per heavy atom. The summed E-state index contributed by atoms with van der Waals surface area (Å²) >= 11 is 1.65. The van der Waals surface area contributed by atoms with Gasteiger partial charge in [0.05, 0.1) is 12.1 Å². The number of hydrogen-bond donors (Lipinski definition) is 2. The molecule has 3 rings (SSSR count). The van der Waals surface area contributed by atoms with E-state index >= 15 is 0 Å². The van der Waals surface area contributed by atoms with E-state index in [0.29, 0.717) is 13.1 Å². The predicted octanol–water partition coefficient (Wildman–Crippen LogP) is 3.41. The van der Waals surface area contributed by atoms with Gasteiger partial charge >= 0.3 is 6.18 Å². The number of nitrogens with one attached hydrogen (secondary N) is 2. The van der Waals surface area contributed by atoms with Crippen LogP contribution in [0.1, 0.15) is 27.4 Å². The van der Waals surface area contributed by atoms with Gasteiger partial charge in [-0.25, -0.2) is 4.98 Å². The molecule has 0 saturated carbocycles. The summed E-state index contributed by atoms with van der Waals surface area (Å²) in [4.78, 5) is 12.0. The number of halogens is 3. The van der Waals surface area contributed by atoms with Gasteiger partial charge in [-0.05, 0) is 31.0 Å². The molecule has 1 aromatic heterocycles. The van der Waals surface area contributed by atoms with E-state index in [1.165, 1.54) is 4.88 Å². The van der Waals surface area contributed by atoms with E-state index in [4.69, 9.17) is 0 Å². The van der Waals surface area contributed by atoms with Crippen molar-refractivity contribution in [1.82, 2.24) is 20.5 Å². The maximum absolute atomic E-state index is 12.7. The van der Waals surface area contributed by atoms with Gasteiger partial charge in [-0.1, -0.05) is 12.1 Å². The van der Waals surface area contributed by atoms with Crippen LogP contribution in [0.25, 0.3) is 0 Å². The standard InChI is InChI=1S/C19H24F3N5S/c1-13-9-24-17(28-13)10-25-18(23-2)26-16-7-8-27(12-16)11-14-3-5-15(6-4-14)19(20,21)22/h3-6,9,16H,7-8,10-12H2,1-2H3,(H2,23,25,26). The summed E-state index contributed by atoms with van der Waals surface area (Å²) < 4.78 is 38.0. The van der Waals surface area contributed by atoms with Crippen molar-refractivity contribution in [3.63, 3.8) is 0 Å². The average Bonchev–Trinajstić information content (AvgIpc) is 3.27. The summed E-state index contributed by atoms with van der Waals surface area (Å²) in [6, 6.07) is 5.65. The van der Waals surface area contributed by atoms with Gasteiger partial charge in [-0.15, -0.1) is 11.3 Å². The quantitative estimate of drug-likeness (QED) is 0.585. The predicted molar refractivity (Wildman–Crippen MR) is 105 cm³/mol. The van der Waals surface area contributed by atoms with E-state index in [-0.39, 0.29) is 6.04 Å². The van der Waals surface area contributed by atoms with Crippen molar-refractivity contribution < 1.29 is 13.2 Å². The number of aliphatic imine (C=N–C) groups is 1. The molecule has 0 spiro atoms. The molecule has 1 aliphatic rings. The van der Waals surface area contributed by atoms with Crippen LogP contribution in [-0.4, -0.2) is 42.0 Å². The Morgan fingerprint density at radius 1 is 1.32 bits per heavy atom. The summed E-state index contributed by atoms with van der Waals surface area (Å²) in [6.45, 7) is 5.00. The largest absolute Gasteiger partial charge is 0.416 e. The summed E-state index contributed by atoms with van der Waals surface area (Å²) in [5, 5.41) is 7.70. The fraction of sp³-hybridized carbons (Fsp3) is 0.474. The molecule has 1 aromatic carbocycles. The maximum atomic E-state index is 12.7. The lowest BCUT2D eigenvalue weighted by Gasteiger charge is -2.19. The zero-order valence-corrected chi connectivity index (χ0v) is 16.7. The molecular formula is C19H24F3N5S. The molecule has 2 aromatic rings. The van der Waals surface area contributed by atoms with Crippen LogP contribution in [0.15, 0.2) is 35.5 Å². The van der Waals surface area contributed by atoms with Crippen LogP contribution >= 0.6 is 11.3 Å². The van der Waals surface area contributed by atoms with Crippen molar-refractivity contribution >= 4 is 17.3 Å². The molecule has 1 aliphatic heterocycles. The number of guanidine groups is 1. The van der Waals surface area contributed by atoms with Crippen LogP contribution in [0, 0.1) is 6.92 Å². The minimum Gasteiger partial charge on any atom is -0.352 e. The third kappa shape index (κ3) is 5.68. The highest BCUT2D eigenvalue weighted by Crippen LogP contribution is 2.29. The highest BCUT2D eigenvalue weighted by Gasteiger charge is 2.30. The normalized spacial score (nSPS) is 18.5. The first-order valence-corrected chi connectivity index (χ1v) is 9.92. The van der Waals surface area contributed by atoms with Gasteiger partial charge in [0.25, 0.3) is 0 Å². The van der Waals surface area contributed by atoms with Crippen molar-refractivity contribution in [2.24, 2.45) is 4.99 Å². The lowest BCUT2D eigenvalue weighted by atomic mass is 10.1. The van der Waals surface area contributed by atoms with E-state index < -0.39 is 11.7 Å². The molecule has 0 bridgehead atoms. The number of thiazole rings is 1. The molecule has 1 atom stereocenters. The fourth-order valence-electron chi connectivity index (χ4n) is 3.18. The van der Waals surface area contributed by atoms with Crippen LogP contribution < -0.4 is 10.6 Å². The molecule has 0 aliphatic carbocycles. The van der Waals surface area contributed by atoms with E-state index in [1.807, 2.05) is 13.1 Å². The lowest BCUT2D eigenvalue weighted by Crippen LogP contribution is -2.44. The molecule has 0 radical (unpaired) electrons. The number of likely N-dealkylation sites (tertiary alicyclic amines) is 1. The Morgan fingerprint density at radius 3 is 2.68 bits per heavy atom. The second kappa shape index (κ2) is 8.91. The molecule has 152 valence electrons. The molecule has 1 fully saturated rings. The van der Waals surface area contributed by atoms with Crippen molar-refractivity contribution in [3.8, 4) is 0 Å². The molecule has 28 heavy (non-hydrogen) atoms. The van der Waals surface area contributed by atoms with E-state index in [9.17, 15) is 13.2 Å². The van der Waals surface area contributed by atoms with Gasteiger partial charge < -0.3 is 10.6 Å². The highest BCUT2D eigenvalue weighted by molar-refractivity contribution is 7.11. The number of aryl methyl sites for hydroxylation is 1. The Bertz CT molecular complexity index is 801. The lowest BCUT2D eigenvalue weighted by molar-refractivity contribution is -0.137. The summed E-state index contributed by atoms with van der Waals surface area (Å²) in [7, 11) is 1.73. The Kier molecular flexibility index (Phi) is 6.56. The average molecular weight is 411 g/mol. The first kappa shape index (κ1) is 20.6. The minimum atomic E-state index is -4.29. The monoisotopic (exact) mass is 411 g/mol. The zero-order chi connectivity index (χ0) is 20.1. The van der Waals surface area contributed by atoms with Gasteiger partial charge in [0.15, 0.2) is 5.96 Å². The second-order valence-electron chi connectivity index (χ2n) is 6.85. The molecule has 2 N–H and O–H groups in total. The van der Waals surface area contributed by atoms with Crippen LogP contribution in [0.5, 0.6) is 0 Å². The summed E-state index contributed by atoms with van der Waals surface area (Å²) in [6.07, 6.45) is -1.48. The first-order chi connectivity index (χ1) is 13.3. The molecule has 0 amide bonds. The van der Waals surface area contributed by atoms with E-state index in [1.54, 1.807) is 30.5 Å². The maximum Gasteiger partial charge on any atom is 0.416 e. The first-order valence-electron chi connectivity index (χ1n) is 9.10. The molecule has 1 unspecified atom stereocenters. The number of rotatable bonds is 5. The highest BCUT2D eigenvalue weighted by atomic mass is 32.1. The Balaban J connectivity index is 1.46. The molecule has 2 heterocycles. The Hall–Kier alpha value is -2.13. The van der Waals surface area contributed by atoms with E-state index in [2.05, 4.69) is 25.5 Å². The number of hydrogen-bond acceptors (Lipinski definition) is 4. The summed E-state index contributed by atoms with van der Waals surface area (Å²) in [5.41, 5.74) is 0.276. The number of benzene rings is 1. The number of nitrogens with zero attached hydrogens (tertiary/aromatic N) is 3. The van der Waals surface area contributed by atoms with Gasteiger partial charge in [0.1, 0.15) is 5.01 Å². The molecule has 1 saturated heterocycles. The van der Waals surface area contributed by atoms with Crippen molar-refractivity contribution in [3.05, 3.63) is 51.5 Å². The number of aromatic nitrogens is 1. The van der Waals surface area contributed by atoms with Gasteiger partial charge in [0.2, 0.25) is 0 Å². The zero-order valence-electron chi connectivity index (χ0n) is 15.9. The molecule has 9 heteroatoms.